The van der Waals surface area contributed by atoms with Gasteiger partial charge in [0.15, 0.2) is 0 Å². The van der Waals surface area contributed by atoms with Gasteiger partial charge in [0.05, 0.1) is 11.7 Å². The summed E-state index contributed by atoms with van der Waals surface area (Å²) in [5.74, 6) is 0.781. The maximum Gasteiger partial charge on any atom is 0.461 e. The van der Waals surface area contributed by atoms with E-state index in [0.29, 0.717) is 22.6 Å². The van der Waals surface area contributed by atoms with E-state index in [0.717, 1.165) is 24.3 Å². The molecule has 2 unspecified atom stereocenters. The second-order valence-corrected chi connectivity index (χ2v) is 10.7. The SMILES string of the molecule is C[C@@H](Cc1cccc2c1OC(C)(C)OC2=O)B1OC2C[C@@H]3C[C@H](C2(C)O1)C3(C)C. The van der Waals surface area contributed by atoms with E-state index in [1.165, 1.54) is 6.42 Å². The van der Waals surface area contributed by atoms with E-state index in [-0.39, 0.29) is 30.6 Å². The summed E-state index contributed by atoms with van der Waals surface area (Å²) in [6.07, 6.45) is 3.24. The van der Waals surface area contributed by atoms with Crippen LogP contribution in [0.2, 0.25) is 5.82 Å². The molecule has 5 aliphatic rings. The van der Waals surface area contributed by atoms with Crippen LogP contribution in [0.25, 0.3) is 0 Å². The molecule has 1 saturated heterocycles. The van der Waals surface area contributed by atoms with Crippen molar-refractivity contribution in [2.75, 3.05) is 0 Å². The summed E-state index contributed by atoms with van der Waals surface area (Å²) in [6.45, 7) is 12.7. The highest BCUT2D eigenvalue weighted by molar-refractivity contribution is 6.47. The highest BCUT2D eigenvalue weighted by Crippen LogP contribution is 2.66. The molecule has 156 valence electrons. The fourth-order valence-electron chi connectivity index (χ4n) is 6.16. The predicted molar refractivity (Wildman–Crippen MR) is 110 cm³/mol. The van der Waals surface area contributed by atoms with Crippen LogP contribution in [0, 0.1) is 17.3 Å². The Bertz CT molecular complexity index is 865. The molecule has 6 heteroatoms. The van der Waals surface area contributed by atoms with Crippen LogP contribution < -0.4 is 4.74 Å². The van der Waals surface area contributed by atoms with E-state index in [2.05, 4.69) is 27.7 Å². The second-order valence-electron chi connectivity index (χ2n) is 10.7. The third kappa shape index (κ3) is 2.78. The Kier molecular flexibility index (Phi) is 4.03. The molecular formula is C23H31BO5. The number of hydrogen-bond acceptors (Lipinski definition) is 5. The molecule has 1 aromatic carbocycles. The van der Waals surface area contributed by atoms with Gasteiger partial charge in [0.25, 0.3) is 0 Å². The zero-order chi connectivity index (χ0) is 20.8. The van der Waals surface area contributed by atoms with E-state index in [4.69, 9.17) is 18.8 Å². The van der Waals surface area contributed by atoms with Crippen molar-refractivity contribution in [2.24, 2.45) is 17.3 Å². The first kappa shape index (κ1) is 19.4. The van der Waals surface area contributed by atoms with Crippen LogP contribution in [0.3, 0.4) is 0 Å². The monoisotopic (exact) mass is 398 g/mol. The molecular weight excluding hydrogens is 367 g/mol. The fraction of sp³-hybridized carbons (Fsp3) is 0.696. The lowest BCUT2D eigenvalue weighted by Crippen LogP contribution is -2.65. The van der Waals surface area contributed by atoms with Crippen LogP contribution in [0.1, 0.15) is 70.3 Å². The first-order chi connectivity index (χ1) is 13.5. The highest BCUT2D eigenvalue weighted by atomic mass is 16.7. The van der Waals surface area contributed by atoms with E-state index < -0.39 is 5.79 Å². The first-order valence-electron chi connectivity index (χ1n) is 10.9. The Morgan fingerprint density at radius 3 is 2.62 bits per heavy atom. The number of benzene rings is 1. The molecule has 6 rings (SSSR count). The molecule has 0 spiro atoms. The van der Waals surface area contributed by atoms with Crippen LogP contribution in [-0.4, -0.2) is 30.6 Å². The zero-order valence-corrected chi connectivity index (χ0v) is 18.3. The molecule has 5 atom stereocenters. The van der Waals surface area contributed by atoms with Crippen LogP contribution in [0.4, 0.5) is 0 Å². The van der Waals surface area contributed by atoms with E-state index >= 15 is 0 Å². The Morgan fingerprint density at radius 2 is 1.90 bits per heavy atom. The van der Waals surface area contributed by atoms with Crippen molar-refractivity contribution in [3.8, 4) is 5.75 Å². The third-order valence-electron chi connectivity index (χ3n) is 7.98. The predicted octanol–water partition coefficient (Wildman–Crippen LogP) is 4.63. The van der Waals surface area contributed by atoms with Gasteiger partial charge in [0.1, 0.15) is 11.3 Å². The minimum atomic E-state index is -0.960. The lowest BCUT2D eigenvalue weighted by Gasteiger charge is -2.64. The minimum Gasteiger partial charge on any atom is -0.452 e. The van der Waals surface area contributed by atoms with Crippen LogP contribution in [-0.2, 0) is 20.5 Å². The van der Waals surface area contributed by atoms with Crippen LogP contribution in [0.15, 0.2) is 18.2 Å². The van der Waals surface area contributed by atoms with Crippen molar-refractivity contribution in [1.29, 1.82) is 0 Å². The quantitative estimate of drug-likeness (QED) is 0.549. The van der Waals surface area contributed by atoms with Crippen molar-refractivity contribution >= 4 is 13.1 Å². The summed E-state index contributed by atoms with van der Waals surface area (Å²) >= 11 is 0. The van der Waals surface area contributed by atoms with Gasteiger partial charge in [-0.3, -0.25) is 0 Å². The van der Waals surface area contributed by atoms with Crippen molar-refractivity contribution in [1.82, 2.24) is 0 Å². The lowest BCUT2D eigenvalue weighted by atomic mass is 9.43. The third-order valence-corrected chi connectivity index (χ3v) is 7.98. The van der Waals surface area contributed by atoms with Crippen molar-refractivity contribution in [2.45, 2.75) is 84.1 Å². The summed E-state index contributed by atoms with van der Waals surface area (Å²) in [5, 5.41) is 0. The first-order valence-corrected chi connectivity index (χ1v) is 10.9. The van der Waals surface area contributed by atoms with Gasteiger partial charge >= 0.3 is 13.1 Å². The Hall–Kier alpha value is -1.53. The lowest BCUT2D eigenvalue weighted by molar-refractivity contribution is -0.199. The Balaban J connectivity index is 1.36. The van der Waals surface area contributed by atoms with Gasteiger partial charge in [0.2, 0.25) is 5.79 Å². The second kappa shape index (κ2) is 6.01. The number of hydrogen-bond donors (Lipinski definition) is 0. The molecule has 5 nitrogen and oxygen atoms in total. The van der Waals surface area contributed by atoms with E-state index in [9.17, 15) is 4.79 Å². The molecule has 0 N–H and O–H groups in total. The average Bonchev–Trinajstić information content (AvgIpc) is 2.98. The fourth-order valence-corrected chi connectivity index (χ4v) is 6.16. The van der Waals surface area contributed by atoms with Crippen LogP contribution in [0.5, 0.6) is 5.75 Å². The van der Waals surface area contributed by atoms with Gasteiger partial charge in [-0.25, -0.2) is 4.79 Å². The van der Waals surface area contributed by atoms with Gasteiger partial charge < -0.3 is 18.8 Å². The maximum absolute atomic E-state index is 12.4. The molecule has 0 amide bonds. The van der Waals surface area contributed by atoms with Crippen molar-refractivity contribution < 1.29 is 23.6 Å². The largest absolute Gasteiger partial charge is 0.461 e. The molecule has 29 heavy (non-hydrogen) atoms. The standard InChI is InChI=1S/C23H31BO5/c1-13(10-14-8-7-9-16-19(14)26-22(4,5)27-20(16)25)24-28-18-12-15-11-17(21(15,2)3)23(18,6)29-24/h7-9,13,15,17-18H,10-12H2,1-6H3/t13-,15-,17-,18?,23?/m0/s1. The molecule has 0 aromatic heterocycles. The van der Waals surface area contributed by atoms with Gasteiger partial charge in [0, 0.05) is 13.8 Å². The molecule has 3 aliphatic carbocycles. The molecule has 0 radical (unpaired) electrons. The number of para-hydroxylation sites is 1. The average molecular weight is 398 g/mol. The molecule has 3 saturated carbocycles. The van der Waals surface area contributed by atoms with Gasteiger partial charge in [-0.15, -0.1) is 0 Å². The number of fused-ring (bicyclic) bond motifs is 1. The molecule has 2 aliphatic heterocycles. The number of rotatable bonds is 3. The van der Waals surface area contributed by atoms with E-state index in [1.54, 1.807) is 19.9 Å². The summed E-state index contributed by atoms with van der Waals surface area (Å²) in [4.78, 5) is 12.4. The maximum atomic E-state index is 12.4. The van der Waals surface area contributed by atoms with Crippen molar-refractivity contribution in [3.05, 3.63) is 29.3 Å². The number of carbonyl (C=O) groups excluding carboxylic acids is 1. The Morgan fingerprint density at radius 1 is 1.14 bits per heavy atom. The number of carbonyl (C=O) groups is 1. The summed E-state index contributed by atoms with van der Waals surface area (Å²) in [6, 6.07) is 5.67. The molecule has 2 bridgehead atoms. The molecule has 2 heterocycles. The topological polar surface area (TPSA) is 54.0 Å². The highest BCUT2D eigenvalue weighted by Gasteiger charge is 2.68. The number of esters is 1. The summed E-state index contributed by atoms with van der Waals surface area (Å²) in [7, 11) is -0.237. The van der Waals surface area contributed by atoms with Gasteiger partial charge in [-0.2, -0.15) is 0 Å². The zero-order valence-electron chi connectivity index (χ0n) is 18.3. The number of cyclic esters (lactones) is 1. The molecule has 4 fully saturated rings. The molecule has 1 aromatic rings. The van der Waals surface area contributed by atoms with E-state index in [1.807, 2.05) is 12.1 Å². The minimum absolute atomic E-state index is 0.147. The smallest absolute Gasteiger partial charge is 0.452 e. The summed E-state index contributed by atoms with van der Waals surface area (Å²) in [5.41, 5.74) is 1.63. The normalized spacial score (nSPS) is 37.0. The van der Waals surface area contributed by atoms with Gasteiger partial charge in [-0.1, -0.05) is 32.9 Å². The van der Waals surface area contributed by atoms with Gasteiger partial charge in [-0.05, 0) is 60.9 Å². The number of ether oxygens (including phenoxy) is 2. The Labute approximate surface area is 173 Å². The summed E-state index contributed by atoms with van der Waals surface area (Å²) < 4.78 is 24.5. The van der Waals surface area contributed by atoms with Crippen LogP contribution >= 0.6 is 0 Å². The van der Waals surface area contributed by atoms with Crippen molar-refractivity contribution in [3.63, 3.8) is 0 Å².